The van der Waals surface area contributed by atoms with Crippen molar-refractivity contribution in [3.8, 4) is 5.69 Å². The summed E-state index contributed by atoms with van der Waals surface area (Å²) in [7, 11) is 0. The van der Waals surface area contributed by atoms with Crippen LogP contribution in [0.15, 0.2) is 67.0 Å². The van der Waals surface area contributed by atoms with Crippen LogP contribution in [0.2, 0.25) is 0 Å². The predicted octanol–water partition coefficient (Wildman–Crippen LogP) is 2.60. The molecule has 0 saturated heterocycles. The maximum atomic E-state index is 4.50. The molecule has 0 bridgehead atoms. The summed E-state index contributed by atoms with van der Waals surface area (Å²) in [6.45, 7) is 0. The van der Waals surface area contributed by atoms with Crippen LogP contribution in [0.1, 0.15) is 0 Å². The van der Waals surface area contributed by atoms with Gasteiger partial charge < -0.3 is 5.32 Å². The van der Waals surface area contributed by atoms with Gasteiger partial charge in [0.05, 0.1) is 11.0 Å². The summed E-state index contributed by atoms with van der Waals surface area (Å²) in [5.41, 5.74) is 4.52. The third-order valence-corrected chi connectivity index (χ3v) is 3.92. The molecule has 25 heavy (non-hydrogen) atoms. The zero-order valence-corrected chi connectivity index (χ0v) is 13.0. The third-order valence-electron chi connectivity index (χ3n) is 3.92. The van der Waals surface area contributed by atoms with Crippen molar-refractivity contribution in [1.29, 1.82) is 0 Å². The van der Waals surface area contributed by atoms with Gasteiger partial charge in [0.2, 0.25) is 0 Å². The SMILES string of the molecule is c1ccc(-n2cnc3cc(Nc4ccc5nnnn5n4)ccc32)cc1. The zero-order valence-electron chi connectivity index (χ0n) is 13.0. The number of rotatable bonds is 3. The number of benzene rings is 2. The lowest BCUT2D eigenvalue weighted by molar-refractivity contribution is 0.736. The van der Waals surface area contributed by atoms with Crippen molar-refractivity contribution < 1.29 is 0 Å². The molecule has 0 fully saturated rings. The Hall–Kier alpha value is -3.81. The van der Waals surface area contributed by atoms with Gasteiger partial charge in [-0.25, -0.2) is 4.98 Å². The molecule has 0 radical (unpaired) electrons. The highest BCUT2D eigenvalue weighted by molar-refractivity contribution is 5.82. The van der Waals surface area contributed by atoms with E-state index >= 15 is 0 Å². The van der Waals surface area contributed by atoms with Crippen molar-refractivity contribution in [1.82, 2.24) is 34.8 Å². The van der Waals surface area contributed by atoms with Crippen molar-refractivity contribution in [2.45, 2.75) is 0 Å². The smallest absolute Gasteiger partial charge is 0.200 e. The van der Waals surface area contributed by atoms with E-state index in [1.807, 2.05) is 48.8 Å². The van der Waals surface area contributed by atoms with Gasteiger partial charge in [-0.2, -0.15) is 0 Å². The molecule has 3 heterocycles. The lowest BCUT2D eigenvalue weighted by Gasteiger charge is -2.06. The number of tetrazole rings is 1. The minimum absolute atomic E-state index is 0.600. The molecule has 0 unspecified atom stereocenters. The fourth-order valence-electron chi connectivity index (χ4n) is 2.75. The molecule has 1 N–H and O–H groups in total. The van der Waals surface area contributed by atoms with Crippen LogP contribution in [0.3, 0.4) is 0 Å². The quantitative estimate of drug-likeness (QED) is 0.548. The molecule has 5 aromatic rings. The average Bonchev–Trinajstić information content (AvgIpc) is 3.28. The maximum absolute atomic E-state index is 4.50. The summed E-state index contributed by atoms with van der Waals surface area (Å²) in [4.78, 5) is 4.50. The molecule has 3 aromatic heterocycles. The number of para-hydroxylation sites is 1. The molecule has 0 aliphatic carbocycles. The Labute approximate surface area is 141 Å². The Kier molecular flexibility index (Phi) is 2.93. The van der Waals surface area contributed by atoms with Gasteiger partial charge in [-0.1, -0.05) is 18.2 Å². The molecule has 0 amide bonds. The summed E-state index contributed by atoms with van der Waals surface area (Å²) < 4.78 is 3.44. The topological polar surface area (TPSA) is 85.8 Å². The van der Waals surface area contributed by atoms with E-state index < -0.39 is 0 Å². The largest absolute Gasteiger partial charge is 0.339 e. The van der Waals surface area contributed by atoms with Crippen LogP contribution in [0, 0.1) is 0 Å². The molecular formula is C17H12N8. The van der Waals surface area contributed by atoms with E-state index in [0.29, 0.717) is 11.5 Å². The van der Waals surface area contributed by atoms with Crippen LogP contribution in [-0.4, -0.2) is 34.8 Å². The third kappa shape index (κ3) is 2.36. The van der Waals surface area contributed by atoms with E-state index in [-0.39, 0.29) is 0 Å². The Balaban J connectivity index is 1.50. The van der Waals surface area contributed by atoms with Gasteiger partial charge in [0.15, 0.2) is 11.5 Å². The molecule has 2 aromatic carbocycles. The number of fused-ring (bicyclic) bond motifs is 2. The van der Waals surface area contributed by atoms with E-state index in [1.165, 1.54) is 4.63 Å². The first-order valence-corrected chi connectivity index (χ1v) is 7.72. The number of imidazole rings is 1. The number of anilines is 2. The Morgan fingerprint density at radius 2 is 1.84 bits per heavy atom. The first kappa shape index (κ1) is 13.6. The van der Waals surface area contributed by atoms with Crippen LogP contribution < -0.4 is 5.32 Å². The van der Waals surface area contributed by atoms with E-state index in [0.717, 1.165) is 22.4 Å². The lowest BCUT2D eigenvalue weighted by Crippen LogP contribution is -2.00. The van der Waals surface area contributed by atoms with Crippen molar-refractivity contribution in [3.63, 3.8) is 0 Å². The molecule has 0 aliphatic rings. The highest BCUT2D eigenvalue weighted by Crippen LogP contribution is 2.23. The van der Waals surface area contributed by atoms with Crippen molar-refractivity contribution in [3.05, 3.63) is 67.0 Å². The van der Waals surface area contributed by atoms with Gasteiger partial charge in [0.25, 0.3) is 0 Å². The van der Waals surface area contributed by atoms with E-state index in [4.69, 9.17) is 0 Å². The van der Waals surface area contributed by atoms with Crippen molar-refractivity contribution >= 4 is 28.2 Å². The summed E-state index contributed by atoms with van der Waals surface area (Å²) in [5, 5.41) is 18.8. The fraction of sp³-hybridized carbons (Fsp3) is 0. The molecule has 0 aliphatic heterocycles. The molecule has 8 heteroatoms. The van der Waals surface area contributed by atoms with Gasteiger partial charge >= 0.3 is 0 Å². The van der Waals surface area contributed by atoms with Crippen LogP contribution in [0.5, 0.6) is 0 Å². The Morgan fingerprint density at radius 1 is 0.920 bits per heavy atom. The molecule has 5 rings (SSSR count). The van der Waals surface area contributed by atoms with Crippen LogP contribution in [0.4, 0.5) is 11.5 Å². The number of nitrogens with zero attached hydrogens (tertiary/aromatic N) is 7. The number of aromatic nitrogens is 7. The van der Waals surface area contributed by atoms with Gasteiger partial charge in [-0.05, 0) is 52.9 Å². The lowest BCUT2D eigenvalue weighted by atomic mass is 10.2. The number of hydrogen-bond acceptors (Lipinski definition) is 6. The Bertz CT molecular complexity index is 1180. The second kappa shape index (κ2) is 5.38. The zero-order chi connectivity index (χ0) is 16.6. The van der Waals surface area contributed by atoms with Crippen LogP contribution >= 0.6 is 0 Å². The summed E-state index contributed by atoms with van der Waals surface area (Å²) in [6, 6.07) is 19.8. The second-order valence-electron chi connectivity index (χ2n) is 5.52. The number of hydrogen-bond donors (Lipinski definition) is 1. The molecule has 0 atom stereocenters. The average molecular weight is 328 g/mol. The summed E-state index contributed by atoms with van der Waals surface area (Å²) in [6.07, 6.45) is 1.83. The molecule has 8 nitrogen and oxygen atoms in total. The van der Waals surface area contributed by atoms with Gasteiger partial charge in [0.1, 0.15) is 6.33 Å². The van der Waals surface area contributed by atoms with Gasteiger partial charge in [0, 0.05) is 11.4 Å². The normalized spacial score (nSPS) is 11.2. The molecular weight excluding hydrogens is 316 g/mol. The molecule has 120 valence electrons. The standard InChI is InChI=1S/C17H12N8/c1-2-4-13(5-3-1)24-11-18-14-10-12(6-7-15(14)24)19-16-8-9-17-20-22-23-25(17)21-16/h1-11H,(H,19,21). The maximum Gasteiger partial charge on any atom is 0.200 e. The minimum Gasteiger partial charge on any atom is -0.339 e. The van der Waals surface area contributed by atoms with E-state index in [1.54, 1.807) is 6.07 Å². The Morgan fingerprint density at radius 3 is 2.76 bits per heavy atom. The van der Waals surface area contributed by atoms with Crippen molar-refractivity contribution in [2.24, 2.45) is 0 Å². The summed E-state index contributed by atoms with van der Waals surface area (Å²) in [5.74, 6) is 0.654. The highest BCUT2D eigenvalue weighted by Gasteiger charge is 2.06. The van der Waals surface area contributed by atoms with Crippen LogP contribution in [-0.2, 0) is 0 Å². The fourth-order valence-corrected chi connectivity index (χ4v) is 2.75. The van der Waals surface area contributed by atoms with Gasteiger partial charge in [-0.3, -0.25) is 4.57 Å². The van der Waals surface area contributed by atoms with Crippen molar-refractivity contribution in [2.75, 3.05) is 5.32 Å². The highest BCUT2D eigenvalue weighted by atomic mass is 15.6. The number of nitrogens with one attached hydrogen (secondary N) is 1. The van der Waals surface area contributed by atoms with E-state index in [9.17, 15) is 0 Å². The second-order valence-corrected chi connectivity index (χ2v) is 5.52. The molecule has 0 spiro atoms. The predicted molar refractivity (Wildman–Crippen MR) is 92.9 cm³/mol. The molecule has 0 saturated carbocycles. The van der Waals surface area contributed by atoms with Crippen LogP contribution in [0.25, 0.3) is 22.4 Å². The summed E-state index contributed by atoms with van der Waals surface area (Å²) >= 11 is 0. The first-order valence-electron chi connectivity index (χ1n) is 7.72. The first-order chi connectivity index (χ1) is 12.4. The minimum atomic E-state index is 0.600. The van der Waals surface area contributed by atoms with Gasteiger partial charge in [-0.15, -0.1) is 14.8 Å². The van der Waals surface area contributed by atoms with E-state index in [2.05, 4.69) is 47.6 Å². The monoisotopic (exact) mass is 328 g/mol.